The molecule has 0 aliphatic heterocycles. The quantitative estimate of drug-likeness (QED) is 0.816. The summed E-state index contributed by atoms with van der Waals surface area (Å²) in [6, 6.07) is 16.2. The summed E-state index contributed by atoms with van der Waals surface area (Å²) in [6.45, 7) is 0. The van der Waals surface area contributed by atoms with Crippen LogP contribution in [0, 0.1) is 0 Å². The van der Waals surface area contributed by atoms with E-state index >= 15 is 0 Å². The van der Waals surface area contributed by atoms with Crippen LogP contribution in [0.5, 0.6) is 11.5 Å². The van der Waals surface area contributed by atoms with Gasteiger partial charge in [0.15, 0.2) is 11.5 Å². The monoisotopic (exact) mass is 246 g/mol. The lowest BCUT2D eigenvalue weighted by atomic mass is 10.3. The molecule has 88 valence electrons. The van der Waals surface area contributed by atoms with Gasteiger partial charge in [0, 0.05) is 9.79 Å². The summed E-state index contributed by atoms with van der Waals surface area (Å²) in [6.07, 6.45) is 0. The fourth-order valence-electron chi connectivity index (χ4n) is 1.50. The van der Waals surface area contributed by atoms with Crippen molar-refractivity contribution in [2.75, 3.05) is 14.2 Å². The van der Waals surface area contributed by atoms with Crippen LogP contribution in [0.15, 0.2) is 58.3 Å². The zero-order chi connectivity index (χ0) is 12.1. The van der Waals surface area contributed by atoms with Gasteiger partial charge in [-0.1, -0.05) is 30.0 Å². The maximum absolute atomic E-state index is 5.28. The highest BCUT2D eigenvalue weighted by Gasteiger charge is 2.05. The molecule has 0 bridgehead atoms. The van der Waals surface area contributed by atoms with E-state index in [1.165, 1.54) is 4.90 Å². The molecule has 17 heavy (non-hydrogen) atoms. The minimum absolute atomic E-state index is 0.755. The first-order chi connectivity index (χ1) is 8.33. The fraction of sp³-hybridized carbons (Fsp3) is 0.143. The summed E-state index contributed by atoms with van der Waals surface area (Å²) in [4.78, 5) is 2.34. The molecular weight excluding hydrogens is 232 g/mol. The van der Waals surface area contributed by atoms with Gasteiger partial charge in [-0.15, -0.1) is 0 Å². The van der Waals surface area contributed by atoms with Gasteiger partial charge in [-0.2, -0.15) is 0 Å². The topological polar surface area (TPSA) is 18.5 Å². The predicted octanol–water partition coefficient (Wildman–Crippen LogP) is 3.86. The molecule has 0 aromatic heterocycles. The Morgan fingerprint density at radius 3 is 2.12 bits per heavy atom. The second kappa shape index (κ2) is 5.64. The Hall–Kier alpha value is -1.61. The van der Waals surface area contributed by atoms with E-state index in [0.29, 0.717) is 0 Å². The maximum Gasteiger partial charge on any atom is 0.161 e. The first-order valence-corrected chi connectivity index (χ1v) is 6.10. The molecule has 0 aliphatic rings. The minimum atomic E-state index is 0.755. The van der Waals surface area contributed by atoms with E-state index in [1.54, 1.807) is 26.0 Å². The first kappa shape index (κ1) is 11.9. The SMILES string of the molecule is COc1ccc(Sc2ccccc2)cc1OC. The van der Waals surface area contributed by atoms with Crippen LogP contribution in [0.25, 0.3) is 0 Å². The molecule has 3 heteroatoms. The second-order valence-corrected chi connectivity index (χ2v) is 4.58. The normalized spacial score (nSPS) is 10.0. The van der Waals surface area contributed by atoms with Crippen LogP contribution < -0.4 is 9.47 Å². The van der Waals surface area contributed by atoms with Crippen molar-refractivity contribution >= 4 is 11.8 Å². The largest absolute Gasteiger partial charge is 0.493 e. The first-order valence-electron chi connectivity index (χ1n) is 5.28. The van der Waals surface area contributed by atoms with E-state index < -0.39 is 0 Å². The average molecular weight is 246 g/mol. The van der Waals surface area contributed by atoms with Crippen molar-refractivity contribution in [3.8, 4) is 11.5 Å². The lowest BCUT2D eigenvalue weighted by Gasteiger charge is -2.09. The van der Waals surface area contributed by atoms with Crippen molar-refractivity contribution in [1.29, 1.82) is 0 Å². The standard InChI is InChI=1S/C14H14O2S/c1-15-13-9-8-12(10-14(13)16-2)17-11-6-4-3-5-7-11/h3-10H,1-2H3. The summed E-state index contributed by atoms with van der Waals surface area (Å²) >= 11 is 1.70. The third kappa shape index (κ3) is 2.94. The third-order valence-corrected chi connectivity index (χ3v) is 3.33. The molecule has 0 saturated heterocycles. The average Bonchev–Trinajstić information content (AvgIpc) is 2.40. The molecule has 0 fully saturated rings. The number of hydrogen-bond acceptors (Lipinski definition) is 3. The van der Waals surface area contributed by atoms with Crippen LogP contribution in [0.4, 0.5) is 0 Å². The number of methoxy groups -OCH3 is 2. The Labute approximate surface area is 106 Å². The van der Waals surface area contributed by atoms with Crippen molar-refractivity contribution in [3.63, 3.8) is 0 Å². The molecule has 0 N–H and O–H groups in total. The molecule has 0 heterocycles. The Morgan fingerprint density at radius 2 is 1.47 bits per heavy atom. The van der Waals surface area contributed by atoms with Crippen LogP contribution in [0.3, 0.4) is 0 Å². The molecule has 0 spiro atoms. The highest BCUT2D eigenvalue weighted by atomic mass is 32.2. The third-order valence-electron chi connectivity index (χ3n) is 2.33. The molecule has 2 aromatic carbocycles. The van der Waals surface area contributed by atoms with Gasteiger partial charge < -0.3 is 9.47 Å². The molecule has 0 saturated carbocycles. The van der Waals surface area contributed by atoms with Gasteiger partial charge in [0.1, 0.15) is 0 Å². The highest BCUT2D eigenvalue weighted by molar-refractivity contribution is 7.99. The van der Waals surface area contributed by atoms with Gasteiger partial charge in [0.25, 0.3) is 0 Å². The van der Waals surface area contributed by atoms with E-state index in [-0.39, 0.29) is 0 Å². The smallest absolute Gasteiger partial charge is 0.161 e. The van der Waals surface area contributed by atoms with Gasteiger partial charge in [0.2, 0.25) is 0 Å². The predicted molar refractivity (Wildman–Crippen MR) is 70.1 cm³/mol. The molecule has 0 aliphatic carbocycles. The lowest BCUT2D eigenvalue weighted by Crippen LogP contribution is -1.90. The number of benzene rings is 2. The number of hydrogen-bond donors (Lipinski definition) is 0. The van der Waals surface area contributed by atoms with Gasteiger partial charge in [-0.3, -0.25) is 0 Å². The summed E-state index contributed by atoms with van der Waals surface area (Å²) < 4.78 is 10.5. The molecule has 2 nitrogen and oxygen atoms in total. The van der Waals surface area contributed by atoms with Crippen molar-refractivity contribution in [2.45, 2.75) is 9.79 Å². The van der Waals surface area contributed by atoms with Crippen LogP contribution in [0.1, 0.15) is 0 Å². The van der Waals surface area contributed by atoms with Crippen molar-refractivity contribution in [2.24, 2.45) is 0 Å². The number of rotatable bonds is 4. The van der Waals surface area contributed by atoms with Crippen molar-refractivity contribution in [3.05, 3.63) is 48.5 Å². The van der Waals surface area contributed by atoms with Gasteiger partial charge in [-0.05, 0) is 30.3 Å². The Kier molecular flexibility index (Phi) is 3.94. The van der Waals surface area contributed by atoms with Crippen LogP contribution >= 0.6 is 11.8 Å². The molecule has 0 unspecified atom stereocenters. The summed E-state index contributed by atoms with van der Waals surface area (Å²) in [5.41, 5.74) is 0. The zero-order valence-corrected chi connectivity index (χ0v) is 10.7. The van der Waals surface area contributed by atoms with E-state index in [1.807, 2.05) is 36.4 Å². The summed E-state index contributed by atoms with van der Waals surface area (Å²) in [7, 11) is 3.29. The van der Waals surface area contributed by atoms with Crippen molar-refractivity contribution in [1.82, 2.24) is 0 Å². The van der Waals surface area contributed by atoms with Crippen LogP contribution in [-0.4, -0.2) is 14.2 Å². The molecule has 0 amide bonds. The molecular formula is C14H14O2S. The van der Waals surface area contributed by atoms with E-state index in [0.717, 1.165) is 16.4 Å². The van der Waals surface area contributed by atoms with E-state index in [4.69, 9.17) is 9.47 Å². The molecule has 2 rings (SSSR count). The maximum atomic E-state index is 5.28. The zero-order valence-electron chi connectivity index (χ0n) is 9.84. The Balaban J connectivity index is 2.22. The van der Waals surface area contributed by atoms with E-state index in [9.17, 15) is 0 Å². The number of ether oxygens (including phenoxy) is 2. The molecule has 2 aromatic rings. The van der Waals surface area contributed by atoms with Gasteiger partial charge in [0.05, 0.1) is 14.2 Å². The summed E-state index contributed by atoms with van der Waals surface area (Å²) in [5, 5.41) is 0. The van der Waals surface area contributed by atoms with Crippen molar-refractivity contribution < 1.29 is 9.47 Å². The Bertz CT molecular complexity index is 483. The van der Waals surface area contributed by atoms with Crippen LogP contribution in [-0.2, 0) is 0 Å². The van der Waals surface area contributed by atoms with Gasteiger partial charge in [-0.25, -0.2) is 0 Å². The minimum Gasteiger partial charge on any atom is -0.493 e. The van der Waals surface area contributed by atoms with Crippen LogP contribution in [0.2, 0.25) is 0 Å². The Morgan fingerprint density at radius 1 is 0.765 bits per heavy atom. The lowest BCUT2D eigenvalue weighted by molar-refractivity contribution is 0.354. The second-order valence-electron chi connectivity index (χ2n) is 3.43. The highest BCUT2D eigenvalue weighted by Crippen LogP contribution is 2.34. The van der Waals surface area contributed by atoms with E-state index in [2.05, 4.69) is 12.1 Å². The fourth-order valence-corrected chi connectivity index (χ4v) is 2.37. The summed E-state index contributed by atoms with van der Waals surface area (Å²) in [5.74, 6) is 1.51. The van der Waals surface area contributed by atoms with Gasteiger partial charge >= 0.3 is 0 Å². The molecule has 0 atom stereocenters. The molecule has 0 radical (unpaired) electrons.